The second-order valence-electron chi connectivity index (χ2n) is 1.47. The molecule has 0 bridgehead atoms. The number of hydrogen-bond donors (Lipinski definition) is 2. The number of H-pyrrole nitrogens is 2. The number of rotatable bonds is 0. The van der Waals surface area contributed by atoms with Crippen molar-refractivity contribution in [3.8, 4) is 0 Å². The van der Waals surface area contributed by atoms with Crippen molar-refractivity contribution in [3.05, 3.63) is 31.5 Å². The fraction of sp³-hybridized carbons (Fsp3) is 0. The zero-order valence-corrected chi connectivity index (χ0v) is 5.31. The van der Waals surface area contributed by atoms with Crippen LogP contribution in [0, 0.1) is 0 Å². The summed E-state index contributed by atoms with van der Waals surface area (Å²) in [6, 6.07) is 0. The summed E-state index contributed by atoms with van der Waals surface area (Å²) < 4.78 is 0.238. The summed E-state index contributed by atoms with van der Waals surface area (Å²) in [6.07, 6.45) is 0. The molecule has 1 aromatic rings. The van der Waals surface area contributed by atoms with Gasteiger partial charge in [-0.1, -0.05) is 0 Å². The summed E-state index contributed by atoms with van der Waals surface area (Å²) in [5.74, 6) is 0. The van der Waals surface area contributed by atoms with Gasteiger partial charge in [-0.3, -0.25) is 9.97 Å². The van der Waals surface area contributed by atoms with E-state index in [4.69, 9.17) is 11.8 Å². The van der Waals surface area contributed by atoms with Crippen LogP contribution in [0.3, 0.4) is 0 Å². The summed E-state index contributed by atoms with van der Waals surface area (Å²) in [5.41, 5.74) is -2.77. The molecule has 8 heteroatoms. The van der Waals surface area contributed by atoms with E-state index in [-0.39, 0.29) is 33.6 Å². The van der Waals surface area contributed by atoms with Gasteiger partial charge in [0.05, 0.1) is 0 Å². The summed E-state index contributed by atoms with van der Waals surface area (Å²) in [4.78, 5) is 34.6. The van der Waals surface area contributed by atoms with Gasteiger partial charge < -0.3 is 0 Å². The molecule has 2 N–H and O–H groups in total. The van der Waals surface area contributed by atoms with Crippen LogP contribution < -0.4 is 17.1 Å². The van der Waals surface area contributed by atoms with Crippen LogP contribution in [0.4, 0.5) is 0 Å². The third kappa shape index (κ3) is 2.33. The number of halogens is 1. The monoisotopic (exact) mass is 187 g/mol. The molecule has 0 saturated heterocycles. The van der Waals surface area contributed by atoms with Crippen molar-refractivity contribution in [2.45, 2.75) is 0 Å². The summed E-state index contributed by atoms with van der Waals surface area (Å²) in [6.45, 7) is 0. The molecule has 0 aliphatic rings. The van der Waals surface area contributed by atoms with E-state index in [1.54, 1.807) is 9.97 Å². The third-order valence-corrected chi connectivity index (χ3v) is 1.10. The molecule has 1 rings (SSSR count). The second kappa shape index (κ2) is 3.91. The summed E-state index contributed by atoms with van der Waals surface area (Å²) >= 11 is 5.04. The molecule has 0 unspecified atom stereocenters. The Labute approximate surface area is 86.6 Å². The van der Waals surface area contributed by atoms with E-state index in [0.717, 1.165) is 0 Å². The molecule has 0 fully saturated rings. The first-order chi connectivity index (χ1) is 4.61. The first-order valence-electron chi connectivity index (χ1n) is 2.23. The fourth-order valence-corrected chi connectivity index (χ4v) is 0.500. The Morgan fingerprint density at radius 3 is 1.82 bits per heavy atom. The molecular weight excluding hydrogens is 184 g/mol. The van der Waals surface area contributed by atoms with Crippen molar-refractivity contribution in [3.63, 3.8) is 0 Å². The van der Waals surface area contributed by atoms with Crippen molar-refractivity contribution in [2.75, 3.05) is 0 Å². The van der Waals surface area contributed by atoms with Crippen molar-refractivity contribution in [1.29, 1.82) is 0 Å². The Morgan fingerprint density at radius 2 is 1.45 bits per heavy atom. The number of aromatic amines is 2. The Balaban J connectivity index is 0.000001000. The Bertz CT molecular complexity index is 369. The van der Waals surface area contributed by atoms with Crippen molar-refractivity contribution < 1.29 is 0 Å². The average Bonchev–Trinajstić information content (AvgIpc) is 1.82. The van der Waals surface area contributed by atoms with Gasteiger partial charge in [0.1, 0.15) is 0 Å². The molecule has 1 aromatic heterocycles. The zero-order valence-electron chi connectivity index (χ0n) is 4.55. The molecule has 0 radical (unpaired) electrons. The van der Waals surface area contributed by atoms with Crippen LogP contribution in [0.15, 0.2) is 14.4 Å². The van der Waals surface area contributed by atoms with Crippen LogP contribution in [0.25, 0.3) is 0 Å². The minimum atomic E-state index is -0.949. The van der Waals surface area contributed by atoms with Crippen LogP contribution in [0.2, 0.25) is 0 Å². The van der Waals surface area contributed by atoms with Gasteiger partial charge in [-0.25, -0.2) is 14.4 Å². The van der Waals surface area contributed by atoms with Crippen LogP contribution in [-0.2, 0) is 0 Å². The molecule has 0 atom stereocenters. The number of aromatic nitrogens is 3. The molecule has 0 aliphatic carbocycles. The summed E-state index contributed by atoms with van der Waals surface area (Å²) in [7, 11) is 0. The molecular formula is C3H3ClN3NaO3. The Hall–Kier alpha value is -0.300. The molecule has 6 nitrogen and oxygen atoms in total. The standard InChI is InChI=1S/C3H2ClN3O3.Na.H/c4-7-2(9)5-1(8)6-3(7)10;;/h(H2,5,6,8,9,10);;. The Kier molecular flexibility index (Phi) is 3.81. The van der Waals surface area contributed by atoms with Crippen LogP contribution in [0.1, 0.15) is 0 Å². The molecule has 0 amide bonds. The van der Waals surface area contributed by atoms with Gasteiger partial charge >= 0.3 is 46.6 Å². The van der Waals surface area contributed by atoms with Gasteiger partial charge in [0.2, 0.25) is 0 Å². The van der Waals surface area contributed by atoms with E-state index in [0.29, 0.717) is 0 Å². The quantitative estimate of drug-likeness (QED) is 0.443. The van der Waals surface area contributed by atoms with E-state index < -0.39 is 17.1 Å². The maximum atomic E-state index is 10.4. The molecule has 11 heavy (non-hydrogen) atoms. The zero-order chi connectivity index (χ0) is 7.72. The number of nitrogens with zero attached hydrogens (tertiary/aromatic N) is 1. The second-order valence-corrected chi connectivity index (χ2v) is 1.81. The van der Waals surface area contributed by atoms with Crippen LogP contribution >= 0.6 is 11.8 Å². The third-order valence-electron chi connectivity index (χ3n) is 0.798. The van der Waals surface area contributed by atoms with Crippen molar-refractivity contribution >= 4 is 41.3 Å². The fourth-order valence-electron chi connectivity index (χ4n) is 0.416. The van der Waals surface area contributed by atoms with Crippen LogP contribution in [-0.4, -0.2) is 43.6 Å². The van der Waals surface area contributed by atoms with Gasteiger partial charge in [-0.05, 0) is 0 Å². The SMILES string of the molecule is O=c1[nH]c(=O)n(Cl)c(=O)[nH]1.[NaH]. The Morgan fingerprint density at radius 1 is 1.09 bits per heavy atom. The number of nitrogens with one attached hydrogen (secondary N) is 2. The molecule has 56 valence electrons. The first kappa shape index (κ1) is 10.7. The van der Waals surface area contributed by atoms with Crippen LogP contribution in [0.5, 0.6) is 0 Å². The van der Waals surface area contributed by atoms with Gasteiger partial charge in [0, 0.05) is 11.8 Å². The van der Waals surface area contributed by atoms with E-state index in [2.05, 4.69) is 0 Å². The van der Waals surface area contributed by atoms with Gasteiger partial charge in [0.15, 0.2) is 0 Å². The van der Waals surface area contributed by atoms with E-state index in [1.165, 1.54) is 0 Å². The first-order valence-corrected chi connectivity index (χ1v) is 2.57. The number of hydrogen-bond acceptors (Lipinski definition) is 3. The van der Waals surface area contributed by atoms with Crippen molar-refractivity contribution in [2.24, 2.45) is 0 Å². The predicted octanol–water partition coefficient (Wildman–Crippen LogP) is -2.42. The van der Waals surface area contributed by atoms with E-state index >= 15 is 0 Å². The molecule has 0 aromatic carbocycles. The predicted molar refractivity (Wildman–Crippen MR) is 40.3 cm³/mol. The normalized spacial score (nSPS) is 8.82. The van der Waals surface area contributed by atoms with E-state index in [1.807, 2.05) is 0 Å². The molecule has 0 spiro atoms. The average molecular weight is 188 g/mol. The van der Waals surface area contributed by atoms with E-state index in [9.17, 15) is 14.4 Å². The van der Waals surface area contributed by atoms with Crippen molar-refractivity contribution in [1.82, 2.24) is 14.1 Å². The minimum absolute atomic E-state index is 0. The van der Waals surface area contributed by atoms with Gasteiger partial charge in [0.25, 0.3) is 0 Å². The topological polar surface area (TPSA) is 87.7 Å². The molecule has 0 saturated carbocycles. The van der Waals surface area contributed by atoms with Gasteiger partial charge in [-0.15, -0.1) is 0 Å². The maximum absolute atomic E-state index is 10.4. The summed E-state index contributed by atoms with van der Waals surface area (Å²) in [5, 5.41) is 0. The molecule has 1 heterocycles. The van der Waals surface area contributed by atoms with Gasteiger partial charge in [-0.2, -0.15) is 4.09 Å². The molecule has 0 aliphatic heterocycles.